The fraction of sp³-hybridized carbons (Fsp3) is 0.571. The molecule has 7 nitrogen and oxygen atoms in total. The third kappa shape index (κ3) is 6.00. The van der Waals surface area contributed by atoms with Crippen LogP contribution in [-0.4, -0.2) is 35.2 Å². The molecule has 138 valence electrons. The number of nitrogens with one attached hydrogen (secondary N) is 2. The van der Waals surface area contributed by atoms with Crippen LogP contribution in [0.4, 0.5) is 10.1 Å². The molecule has 1 atom stereocenters. The van der Waals surface area contributed by atoms with E-state index < -0.39 is 31.9 Å². The average molecular weight is 381 g/mol. The highest BCUT2D eigenvalue weighted by molar-refractivity contribution is 7.92. The van der Waals surface area contributed by atoms with Crippen molar-refractivity contribution in [3.05, 3.63) is 24.0 Å². The van der Waals surface area contributed by atoms with Gasteiger partial charge in [-0.3, -0.25) is 4.72 Å². The number of sulfonamides is 2. The van der Waals surface area contributed by atoms with Gasteiger partial charge in [0.15, 0.2) is 0 Å². The molecule has 0 amide bonds. The zero-order valence-corrected chi connectivity index (χ0v) is 15.5. The molecule has 0 heterocycles. The Bertz CT molecular complexity index is 764. The fourth-order valence-corrected chi connectivity index (χ4v) is 3.95. The second kappa shape index (κ2) is 8.24. The summed E-state index contributed by atoms with van der Waals surface area (Å²) < 4.78 is 66.1. The zero-order chi connectivity index (χ0) is 18.5. The van der Waals surface area contributed by atoms with Crippen molar-refractivity contribution in [3.63, 3.8) is 0 Å². The SMILES string of the molecule is CCS(=O)(=O)Nc1ccc(S(=O)(=O)NC(CN)CC(C)C)cc1F. The van der Waals surface area contributed by atoms with E-state index in [1.54, 1.807) is 0 Å². The number of hydrogen-bond acceptors (Lipinski definition) is 5. The highest BCUT2D eigenvalue weighted by Crippen LogP contribution is 2.20. The maximum Gasteiger partial charge on any atom is 0.240 e. The maximum atomic E-state index is 14.0. The van der Waals surface area contributed by atoms with Crippen molar-refractivity contribution in [2.75, 3.05) is 17.0 Å². The molecule has 0 spiro atoms. The van der Waals surface area contributed by atoms with Crippen LogP contribution in [0, 0.1) is 11.7 Å². The summed E-state index contributed by atoms with van der Waals surface area (Å²) >= 11 is 0. The molecule has 1 unspecified atom stereocenters. The van der Waals surface area contributed by atoms with Gasteiger partial charge in [-0.25, -0.2) is 25.9 Å². The lowest BCUT2D eigenvalue weighted by Gasteiger charge is -2.19. The van der Waals surface area contributed by atoms with Gasteiger partial charge >= 0.3 is 0 Å². The third-order valence-corrected chi connectivity index (χ3v) is 6.07. The van der Waals surface area contributed by atoms with Crippen molar-refractivity contribution >= 4 is 25.7 Å². The molecule has 0 saturated carbocycles. The van der Waals surface area contributed by atoms with Gasteiger partial charge in [0, 0.05) is 12.6 Å². The summed E-state index contributed by atoms with van der Waals surface area (Å²) in [7, 11) is -7.60. The number of hydrogen-bond donors (Lipinski definition) is 3. The van der Waals surface area contributed by atoms with E-state index in [0.717, 1.165) is 18.2 Å². The quantitative estimate of drug-likeness (QED) is 0.595. The average Bonchev–Trinajstić information content (AvgIpc) is 2.47. The molecule has 0 fully saturated rings. The maximum absolute atomic E-state index is 14.0. The van der Waals surface area contributed by atoms with Crippen LogP contribution in [0.1, 0.15) is 27.2 Å². The predicted octanol–water partition coefficient (Wildman–Crippen LogP) is 1.24. The Hall–Kier alpha value is -1.23. The summed E-state index contributed by atoms with van der Waals surface area (Å²) in [4.78, 5) is -0.290. The lowest BCUT2D eigenvalue weighted by atomic mass is 10.1. The van der Waals surface area contributed by atoms with E-state index in [2.05, 4.69) is 9.44 Å². The molecule has 1 aromatic rings. The topological polar surface area (TPSA) is 118 Å². The van der Waals surface area contributed by atoms with Gasteiger partial charge in [0.2, 0.25) is 20.0 Å². The second-order valence-corrected chi connectivity index (χ2v) is 9.56. The first kappa shape index (κ1) is 20.8. The summed E-state index contributed by atoms with van der Waals surface area (Å²) in [6, 6.07) is 2.54. The van der Waals surface area contributed by atoms with Crippen molar-refractivity contribution in [1.82, 2.24) is 4.72 Å². The predicted molar refractivity (Wildman–Crippen MR) is 92.1 cm³/mol. The number of anilines is 1. The van der Waals surface area contributed by atoms with E-state index in [1.165, 1.54) is 6.92 Å². The van der Waals surface area contributed by atoms with Crippen LogP contribution in [-0.2, 0) is 20.0 Å². The van der Waals surface area contributed by atoms with E-state index in [-0.39, 0.29) is 28.8 Å². The standard InChI is InChI=1S/C14H24FN3O4S2/c1-4-23(19,20)18-14-6-5-12(8-13(14)15)24(21,22)17-11(9-16)7-10(2)3/h5-6,8,10-11,17-18H,4,7,9,16H2,1-3H3. The highest BCUT2D eigenvalue weighted by Gasteiger charge is 2.22. The Kier molecular flexibility index (Phi) is 7.14. The van der Waals surface area contributed by atoms with E-state index in [9.17, 15) is 21.2 Å². The monoisotopic (exact) mass is 381 g/mol. The minimum Gasteiger partial charge on any atom is -0.329 e. The molecule has 1 rings (SSSR count). The molecule has 0 radical (unpaired) electrons. The zero-order valence-electron chi connectivity index (χ0n) is 13.9. The van der Waals surface area contributed by atoms with Crippen LogP contribution in [0.2, 0.25) is 0 Å². The lowest BCUT2D eigenvalue weighted by molar-refractivity contribution is 0.465. The summed E-state index contributed by atoms with van der Waals surface area (Å²) in [5.74, 6) is -0.951. The van der Waals surface area contributed by atoms with Gasteiger partial charge in [0.05, 0.1) is 16.3 Å². The molecule has 0 aliphatic carbocycles. The van der Waals surface area contributed by atoms with Crippen LogP contribution in [0.15, 0.2) is 23.1 Å². The van der Waals surface area contributed by atoms with Crippen molar-refractivity contribution in [3.8, 4) is 0 Å². The summed E-state index contributed by atoms with van der Waals surface area (Å²) in [5, 5.41) is 0. The summed E-state index contributed by atoms with van der Waals surface area (Å²) in [5.41, 5.74) is 5.27. The molecule has 4 N–H and O–H groups in total. The highest BCUT2D eigenvalue weighted by atomic mass is 32.2. The molecular weight excluding hydrogens is 357 g/mol. The molecule has 0 bridgehead atoms. The number of halogens is 1. The van der Waals surface area contributed by atoms with Gasteiger partial charge in [0.25, 0.3) is 0 Å². The normalized spacial score (nSPS) is 13.9. The van der Waals surface area contributed by atoms with Crippen molar-refractivity contribution < 1.29 is 21.2 Å². The van der Waals surface area contributed by atoms with Crippen LogP contribution in [0.25, 0.3) is 0 Å². The van der Waals surface area contributed by atoms with Gasteiger partial charge in [-0.05, 0) is 37.5 Å². The Balaban J connectivity index is 3.03. The minimum absolute atomic E-state index is 0.119. The van der Waals surface area contributed by atoms with Gasteiger partial charge in [-0.15, -0.1) is 0 Å². The van der Waals surface area contributed by atoms with Gasteiger partial charge in [-0.2, -0.15) is 0 Å². The first-order valence-corrected chi connectivity index (χ1v) is 10.7. The molecule has 0 aliphatic rings. The van der Waals surface area contributed by atoms with E-state index in [4.69, 9.17) is 5.73 Å². The molecule has 0 saturated heterocycles. The van der Waals surface area contributed by atoms with Crippen LogP contribution in [0.5, 0.6) is 0 Å². The smallest absolute Gasteiger partial charge is 0.240 e. The van der Waals surface area contributed by atoms with E-state index in [0.29, 0.717) is 6.42 Å². The first-order valence-electron chi connectivity index (χ1n) is 7.53. The Morgan fingerprint density at radius 3 is 2.29 bits per heavy atom. The number of rotatable bonds is 9. The third-order valence-electron chi connectivity index (χ3n) is 3.26. The summed E-state index contributed by atoms with van der Waals surface area (Å²) in [6.45, 7) is 5.40. The molecule has 0 aromatic heterocycles. The van der Waals surface area contributed by atoms with E-state index in [1.807, 2.05) is 13.8 Å². The first-order chi connectivity index (χ1) is 11.0. The van der Waals surface area contributed by atoms with Crippen LogP contribution in [0.3, 0.4) is 0 Å². The minimum atomic E-state index is -3.95. The van der Waals surface area contributed by atoms with Crippen LogP contribution < -0.4 is 15.2 Å². The van der Waals surface area contributed by atoms with Gasteiger partial charge in [-0.1, -0.05) is 13.8 Å². The van der Waals surface area contributed by atoms with Crippen molar-refractivity contribution in [2.24, 2.45) is 11.7 Å². The molecule has 0 aliphatic heterocycles. The van der Waals surface area contributed by atoms with Gasteiger partial charge < -0.3 is 5.73 Å². The Labute approximate surface area is 142 Å². The molecule has 1 aromatic carbocycles. The molecular formula is C14H24FN3O4S2. The molecule has 10 heteroatoms. The fourth-order valence-electron chi connectivity index (χ4n) is 2.03. The Morgan fingerprint density at radius 2 is 1.83 bits per heavy atom. The van der Waals surface area contributed by atoms with Crippen LogP contribution >= 0.6 is 0 Å². The van der Waals surface area contributed by atoms with Gasteiger partial charge in [0.1, 0.15) is 5.82 Å². The van der Waals surface area contributed by atoms with E-state index >= 15 is 0 Å². The lowest BCUT2D eigenvalue weighted by Crippen LogP contribution is -2.41. The molecule has 24 heavy (non-hydrogen) atoms. The number of benzene rings is 1. The second-order valence-electron chi connectivity index (χ2n) is 5.83. The Morgan fingerprint density at radius 1 is 1.21 bits per heavy atom. The van der Waals surface area contributed by atoms with Crippen molar-refractivity contribution in [1.29, 1.82) is 0 Å². The largest absolute Gasteiger partial charge is 0.329 e. The van der Waals surface area contributed by atoms with Crippen molar-refractivity contribution in [2.45, 2.75) is 38.1 Å². The summed E-state index contributed by atoms with van der Waals surface area (Å²) in [6.07, 6.45) is 0.548. The number of nitrogens with two attached hydrogens (primary N) is 1.